The molecule has 100 valence electrons. The summed E-state index contributed by atoms with van der Waals surface area (Å²) < 4.78 is 37.1. The maximum absolute atomic E-state index is 12.4. The Kier molecular flexibility index (Phi) is 3.80. The lowest BCUT2D eigenvalue weighted by Gasteiger charge is -2.17. The van der Waals surface area contributed by atoms with Crippen molar-refractivity contribution in [3.8, 4) is 0 Å². The molecule has 1 aromatic rings. The van der Waals surface area contributed by atoms with Crippen LogP contribution in [0.4, 0.5) is 18.9 Å². The van der Waals surface area contributed by atoms with Crippen LogP contribution in [0.25, 0.3) is 0 Å². The van der Waals surface area contributed by atoms with Crippen LogP contribution < -0.4 is 11.1 Å². The van der Waals surface area contributed by atoms with Crippen molar-refractivity contribution >= 4 is 5.69 Å². The van der Waals surface area contributed by atoms with Gasteiger partial charge < -0.3 is 11.1 Å². The van der Waals surface area contributed by atoms with E-state index in [4.69, 9.17) is 5.73 Å². The van der Waals surface area contributed by atoms with Gasteiger partial charge in [0.15, 0.2) is 0 Å². The number of alkyl halides is 3. The Morgan fingerprint density at radius 1 is 1.17 bits per heavy atom. The molecule has 1 aliphatic carbocycles. The highest BCUT2D eigenvalue weighted by molar-refractivity contribution is 5.45. The van der Waals surface area contributed by atoms with E-state index >= 15 is 0 Å². The maximum Gasteiger partial charge on any atom is 0.416 e. The molecule has 5 heteroatoms. The van der Waals surface area contributed by atoms with Gasteiger partial charge >= 0.3 is 6.18 Å². The average Bonchev–Trinajstić information content (AvgIpc) is 2.72. The number of nitrogens with one attached hydrogen (secondary N) is 1. The van der Waals surface area contributed by atoms with Gasteiger partial charge in [-0.05, 0) is 43.0 Å². The number of nitrogens with two attached hydrogens (primary N) is 1. The molecule has 2 rings (SSSR count). The van der Waals surface area contributed by atoms with E-state index in [1.54, 1.807) is 0 Å². The quantitative estimate of drug-likeness (QED) is 0.873. The van der Waals surface area contributed by atoms with Gasteiger partial charge in [0.1, 0.15) is 0 Å². The predicted octanol–water partition coefficient (Wildman–Crippen LogP) is 3.24. The van der Waals surface area contributed by atoms with Gasteiger partial charge in [0.25, 0.3) is 0 Å². The molecular weight excluding hydrogens is 241 g/mol. The smallest absolute Gasteiger partial charge is 0.385 e. The summed E-state index contributed by atoms with van der Waals surface area (Å²) in [5.74, 6) is 0.423. The molecule has 0 aliphatic heterocycles. The van der Waals surface area contributed by atoms with Crippen LogP contribution >= 0.6 is 0 Å². The summed E-state index contributed by atoms with van der Waals surface area (Å²) in [5.41, 5.74) is 6.03. The molecule has 1 fully saturated rings. The van der Waals surface area contributed by atoms with Crippen molar-refractivity contribution < 1.29 is 13.2 Å². The first kappa shape index (κ1) is 13.2. The van der Waals surface area contributed by atoms with Crippen LogP contribution in [0.3, 0.4) is 0 Å². The minimum Gasteiger partial charge on any atom is -0.385 e. The Balaban J connectivity index is 1.90. The summed E-state index contributed by atoms with van der Waals surface area (Å²) in [7, 11) is 0. The SMILES string of the molecule is NC1CCCC1CNc1ccc(C(F)(F)F)cc1. The van der Waals surface area contributed by atoms with Gasteiger partial charge in [0.2, 0.25) is 0 Å². The van der Waals surface area contributed by atoms with Crippen molar-refractivity contribution in [1.29, 1.82) is 0 Å². The third-order valence-electron chi connectivity index (χ3n) is 3.50. The molecule has 3 N–H and O–H groups in total. The second kappa shape index (κ2) is 5.18. The zero-order chi connectivity index (χ0) is 13.2. The van der Waals surface area contributed by atoms with Crippen LogP contribution in [-0.4, -0.2) is 12.6 Å². The van der Waals surface area contributed by atoms with Crippen molar-refractivity contribution in [3.05, 3.63) is 29.8 Å². The van der Waals surface area contributed by atoms with E-state index in [1.165, 1.54) is 12.1 Å². The Morgan fingerprint density at radius 2 is 1.83 bits per heavy atom. The molecule has 2 nitrogen and oxygen atoms in total. The maximum atomic E-state index is 12.4. The fourth-order valence-corrected chi connectivity index (χ4v) is 2.34. The van der Waals surface area contributed by atoms with E-state index in [2.05, 4.69) is 5.32 Å². The third kappa shape index (κ3) is 3.16. The van der Waals surface area contributed by atoms with E-state index in [1.807, 2.05) is 0 Å². The molecule has 2 unspecified atom stereocenters. The Labute approximate surface area is 104 Å². The highest BCUT2D eigenvalue weighted by Gasteiger charge is 2.30. The molecule has 2 atom stereocenters. The van der Waals surface area contributed by atoms with Gasteiger partial charge in [-0.15, -0.1) is 0 Å². The van der Waals surface area contributed by atoms with Gasteiger partial charge in [-0.3, -0.25) is 0 Å². The fraction of sp³-hybridized carbons (Fsp3) is 0.538. The standard InChI is InChI=1S/C13H17F3N2/c14-13(15,16)10-4-6-11(7-5-10)18-8-9-2-1-3-12(9)17/h4-7,9,12,18H,1-3,8,17H2. The number of benzene rings is 1. The summed E-state index contributed by atoms with van der Waals surface area (Å²) in [5, 5.41) is 3.15. The first-order valence-corrected chi connectivity index (χ1v) is 6.13. The molecule has 1 aromatic carbocycles. The van der Waals surface area contributed by atoms with Crippen molar-refractivity contribution in [2.45, 2.75) is 31.5 Å². The van der Waals surface area contributed by atoms with E-state index in [-0.39, 0.29) is 6.04 Å². The molecule has 0 saturated heterocycles. The summed E-state index contributed by atoms with van der Waals surface area (Å²) in [6.07, 6.45) is -0.999. The molecule has 0 heterocycles. The largest absolute Gasteiger partial charge is 0.416 e. The zero-order valence-electron chi connectivity index (χ0n) is 10.0. The minimum atomic E-state index is -4.27. The Bertz CT molecular complexity index is 386. The topological polar surface area (TPSA) is 38.0 Å². The summed E-state index contributed by atoms with van der Waals surface area (Å²) in [6, 6.07) is 5.33. The van der Waals surface area contributed by atoms with E-state index in [9.17, 15) is 13.2 Å². The number of halogens is 3. The van der Waals surface area contributed by atoms with Gasteiger partial charge in [-0.1, -0.05) is 6.42 Å². The monoisotopic (exact) mass is 258 g/mol. The van der Waals surface area contributed by atoms with Crippen molar-refractivity contribution in [2.24, 2.45) is 11.7 Å². The van der Waals surface area contributed by atoms with Crippen LogP contribution in [0.15, 0.2) is 24.3 Å². The fourth-order valence-electron chi connectivity index (χ4n) is 2.34. The minimum absolute atomic E-state index is 0.215. The third-order valence-corrected chi connectivity index (χ3v) is 3.50. The molecule has 0 bridgehead atoms. The van der Waals surface area contributed by atoms with E-state index in [0.717, 1.165) is 37.9 Å². The number of hydrogen-bond acceptors (Lipinski definition) is 2. The first-order valence-electron chi connectivity index (χ1n) is 6.13. The molecule has 0 spiro atoms. The van der Waals surface area contributed by atoms with Crippen LogP contribution in [0.5, 0.6) is 0 Å². The summed E-state index contributed by atoms with van der Waals surface area (Å²) in [4.78, 5) is 0. The summed E-state index contributed by atoms with van der Waals surface area (Å²) >= 11 is 0. The van der Waals surface area contributed by atoms with E-state index < -0.39 is 11.7 Å². The Morgan fingerprint density at radius 3 is 2.33 bits per heavy atom. The lowest BCUT2D eigenvalue weighted by Crippen LogP contribution is -2.29. The second-order valence-electron chi connectivity index (χ2n) is 4.81. The van der Waals surface area contributed by atoms with Crippen molar-refractivity contribution in [2.75, 3.05) is 11.9 Å². The van der Waals surface area contributed by atoms with Crippen LogP contribution in [-0.2, 0) is 6.18 Å². The molecule has 18 heavy (non-hydrogen) atoms. The second-order valence-corrected chi connectivity index (χ2v) is 4.81. The highest BCUT2D eigenvalue weighted by Crippen LogP contribution is 2.30. The lowest BCUT2D eigenvalue weighted by molar-refractivity contribution is -0.137. The molecular formula is C13H17F3N2. The molecule has 0 amide bonds. The van der Waals surface area contributed by atoms with Crippen LogP contribution in [0.1, 0.15) is 24.8 Å². The van der Waals surface area contributed by atoms with Crippen molar-refractivity contribution in [1.82, 2.24) is 0 Å². The van der Waals surface area contributed by atoms with Crippen LogP contribution in [0.2, 0.25) is 0 Å². The highest BCUT2D eigenvalue weighted by atomic mass is 19.4. The Hall–Kier alpha value is -1.23. The number of anilines is 1. The molecule has 1 aliphatic rings. The number of rotatable bonds is 3. The van der Waals surface area contributed by atoms with Crippen LogP contribution in [0, 0.1) is 5.92 Å². The average molecular weight is 258 g/mol. The lowest BCUT2D eigenvalue weighted by atomic mass is 10.0. The van der Waals surface area contributed by atoms with Gasteiger partial charge in [0.05, 0.1) is 5.56 Å². The van der Waals surface area contributed by atoms with Gasteiger partial charge in [-0.2, -0.15) is 13.2 Å². The first-order chi connectivity index (χ1) is 8.47. The predicted molar refractivity (Wildman–Crippen MR) is 65.3 cm³/mol. The van der Waals surface area contributed by atoms with Gasteiger partial charge in [0, 0.05) is 18.3 Å². The van der Waals surface area contributed by atoms with Gasteiger partial charge in [-0.25, -0.2) is 0 Å². The van der Waals surface area contributed by atoms with E-state index in [0.29, 0.717) is 11.6 Å². The zero-order valence-corrected chi connectivity index (χ0v) is 10.0. The molecule has 0 aromatic heterocycles. The number of hydrogen-bond donors (Lipinski definition) is 2. The molecule has 1 saturated carbocycles. The van der Waals surface area contributed by atoms with Crippen molar-refractivity contribution in [3.63, 3.8) is 0 Å². The summed E-state index contributed by atoms with van der Waals surface area (Å²) in [6.45, 7) is 0.729. The molecule has 0 radical (unpaired) electrons. The normalized spacial score (nSPS) is 24.2.